The number of rotatable bonds is 6. The number of benzene rings is 2. The number of alkyl halides is 3. The largest absolute Gasteiger partial charge is 0.493 e. The molecule has 0 saturated heterocycles. The van der Waals surface area contributed by atoms with Crippen LogP contribution in [0.2, 0.25) is 0 Å². The molecule has 0 aliphatic heterocycles. The van der Waals surface area contributed by atoms with Crippen LogP contribution in [0.4, 0.5) is 29.3 Å². The van der Waals surface area contributed by atoms with E-state index >= 15 is 0 Å². The van der Waals surface area contributed by atoms with Gasteiger partial charge in [0.25, 0.3) is 0 Å². The van der Waals surface area contributed by atoms with Crippen LogP contribution in [0.5, 0.6) is 17.6 Å². The van der Waals surface area contributed by atoms with Crippen molar-refractivity contribution in [2.75, 3.05) is 10.6 Å². The minimum Gasteiger partial charge on any atom is -0.493 e. The fourth-order valence-electron chi connectivity index (χ4n) is 4.19. The zero-order valence-electron chi connectivity index (χ0n) is 21.8. The summed E-state index contributed by atoms with van der Waals surface area (Å²) in [6.45, 7) is 0. The minimum absolute atomic E-state index is 0.00183. The third-order valence-corrected chi connectivity index (χ3v) is 6.18. The molecule has 0 aliphatic rings. The third-order valence-electron chi connectivity index (χ3n) is 6.18. The van der Waals surface area contributed by atoms with Gasteiger partial charge < -0.3 is 20.5 Å². The van der Waals surface area contributed by atoms with E-state index in [1.807, 2.05) is 0 Å². The number of fused-ring (bicyclic) bond motifs is 1. The van der Waals surface area contributed by atoms with Gasteiger partial charge in [0.15, 0.2) is 5.65 Å². The van der Waals surface area contributed by atoms with Crippen molar-refractivity contribution in [2.45, 2.75) is 6.18 Å². The standard InChI is InChI=1S/C29H19F3N8O3/c30-29(31,32)19-5-8-22(18-2-1-10-33-13-18)24(12-19)38-27(42)37-20-14-34-28(35-15-20)43-21-6-3-17(4-7-21)23-16-36-40-11-9-25(41)39-26(23)40/h1-16H,(H,39,41)(H2,37,38,42). The summed E-state index contributed by atoms with van der Waals surface area (Å²) in [5.41, 5.74) is 2.09. The van der Waals surface area contributed by atoms with E-state index in [1.54, 1.807) is 53.3 Å². The minimum atomic E-state index is -4.60. The molecule has 2 amide bonds. The summed E-state index contributed by atoms with van der Waals surface area (Å²) in [5.74, 6) is 0.314. The smallest absolute Gasteiger partial charge is 0.416 e. The van der Waals surface area contributed by atoms with E-state index in [0.717, 1.165) is 17.7 Å². The number of nitrogens with zero attached hydrogens (tertiary/aromatic N) is 6. The van der Waals surface area contributed by atoms with Gasteiger partial charge in [-0.3, -0.25) is 4.98 Å². The maximum atomic E-state index is 13.4. The zero-order valence-corrected chi connectivity index (χ0v) is 21.8. The topological polar surface area (TPSA) is 139 Å². The number of carbonyl (C=O) groups excluding carboxylic acids is 1. The fourth-order valence-corrected chi connectivity index (χ4v) is 4.19. The number of ether oxygens (including phenoxy) is 1. The second-order valence-electron chi connectivity index (χ2n) is 9.07. The molecule has 2 aromatic carbocycles. The Morgan fingerprint density at radius 2 is 1.67 bits per heavy atom. The Morgan fingerprint density at radius 1 is 0.884 bits per heavy atom. The van der Waals surface area contributed by atoms with Gasteiger partial charge in [-0.1, -0.05) is 24.3 Å². The third kappa shape index (κ3) is 6.02. The lowest BCUT2D eigenvalue weighted by Gasteiger charge is -2.15. The molecule has 0 fully saturated rings. The molecule has 4 heterocycles. The van der Waals surface area contributed by atoms with E-state index < -0.39 is 17.8 Å². The van der Waals surface area contributed by atoms with E-state index in [9.17, 15) is 23.1 Å². The first-order valence-electron chi connectivity index (χ1n) is 12.6. The number of amides is 2. The van der Waals surface area contributed by atoms with E-state index in [2.05, 4.69) is 35.7 Å². The van der Waals surface area contributed by atoms with Gasteiger partial charge in [0, 0.05) is 41.3 Å². The molecule has 0 radical (unpaired) electrons. The first-order valence-corrected chi connectivity index (χ1v) is 12.6. The average molecular weight is 585 g/mol. The van der Waals surface area contributed by atoms with Gasteiger partial charge in [-0.05, 0) is 35.9 Å². The van der Waals surface area contributed by atoms with Gasteiger partial charge >= 0.3 is 18.2 Å². The van der Waals surface area contributed by atoms with Crippen molar-refractivity contribution in [3.05, 3.63) is 103 Å². The molecule has 6 rings (SSSR count). The van der Waals surface area contributed by atoms with Crippen LogP contribution < -0.4 is 15.4 Å². The molecule has 0 aliphatic carbocycles. The molecule has 0 atom stereocenters. The van der Waals surface area contributed by atoms with Crippen molar-refractivity contribution in [3.63, 3.8) is 0 Å². The van der Waals surface area contributed by atoms with Crippen LogP contribution in [0.15, 0.2) is 97.8 Å². The molecule has 214 valence electrons. The number of hydrogen-bond acceptors (Lipinski definition) is 8. The van der Waals surface area contributed by atoms with Gasteiger partial charge in [0.2, 0.25) is 5.88 Å². The summed E-state index contributed by atoms with van der Waals surface area (Å²) in [6, 6.07) is 14.0. The number of halogens is 3. The van der Waals surface area contributed by atoms with Crippen molar-refractivity contribution in [1.82, 2.24) is 29.5 Å². The molecular formula is C29H19F3N8O3. The fraction of sp³-hybridized carbons (Fsp3) is 0.0345. The predicted molar refractivity (Wildman–Crippen MR) is 150 cm³/mol. The Hall–Kier alpha value is -6.05. The molecule has 14 heteroatoms. The van der Waals surface area contributed by atoms with E-state index in [1.165, 1.54) is 36.9 Å². The molecular weight excluding hydrogens is 565 g/mol. The van der Waals surface area contributed by atoms with E-state index in [0.29, 0.717) is 28.1 Å². The number of anilines is 2. The number of hydrogen-bond donors (Lipinski definition) is 3. The summed E-state index contributed by atoms with van der Waals surface area (Å²) < 4.78 is 47.3. The van der Waals surface area contributed by atoms with Crippen LogP contribution in [0.3, 0.4) is 0 Å². The number of carbonyl (C=O) groups is 1. The van der Waals surface area contributed by atoms with E-state index in [-0.39, 0.29) is 23.3 Å². The van der Waals surface area contributed by atoms with Crippen LogP contribution in [-0.2, 0) is 6.18 Å². The maximum absolute atomic E-state index is 13.4. The predicted octanol–water partition coefficient (Wildman–Crippen LogP) is 6.41. The Morgan fingerprint density at radius 3 is 2.40 bits per heavy atom. The molecule has 11 nitrogen and oxygen atoms in total. The Kier molecular flexibility index (Phi) is 6.99. The van der Waals surface area contributed by atoms with E-state index in [4.69, 9.17) is 4.74 Å². The van der Waals surface area contributed by atoms with Crippen molar-refractivity contribution in [1.29, 1.82) is 0 Å². The highest BCUT2D eigenvalue weighted by Gasteiger charge is 2.31. The maximum Gasteiger partial charge on any atom is 0.416 e. The van der Waals surface area contributed by atoms with Gasteiger partial charge in [-0.2, -0.15) is 23.3 Å². The zero-order chi connectivity index (χ0) is 30.0. The summed E-state index contributed by atoms with van der Waals surface area (Å²) in [6.07, 6.45) is 4.24. The second-order valence-corrected chi connectivity index (χ2v) is 9.07. The van der Waals surface area contributed by atoms with Gasteiger partial charge in [-0.25, -0.2) is 19.3 Å². The van der Waals surface area contributed by atoms with Gasteiger partial charge in [0.1, 0.15) is 5.75 Å². The quantitative estimate of drug-likeness (QED) is 0.204. The monoisotopic (exact) mass is 584 g/mol. The SMILES string of the molecule is O=C(Nc1cnc(Oc2ccc(-c3cnn4ccc(O)nc34)cc2)nc1)Nc1cc(C(F)(F)F)ccc1-c1cccnc1. The second kappa shape index (κ2) is 11.1. The molecule has 43 heavy (non-hydrogen) atoms. The summed E-state index contributed by atoms with van der Waals surface area (Å²) in [7, 11) is 0. The normalized spacial score (nSPS) is 11.3. The van der Waals surface area contributed by atoms with Crippen LogP contribution in [0, 0.1) is 0 Å². The highest BCUT2D eigenvalue weighted by Crippen LogP contribution is 2.36. The molecule has 4 aromatic heterocycles. The number of aromatic hydroxyl groups is 1. The van der Waals surface area contributed by atoms with Crippen molar-refractivity contribution < 1.29 is 27.8 Å². The Bertz CT molecular complexity index is 1910. The first-order chi connectivity index (χ1) is 20.7. The molecule has 0 spiro atoms. The summed E-state index contributed by atoms with van der Waals surface area (Å²) >= 11 is 0. The molecule has 0 bridgehead atoms. The van der Waals surface area contributed by atoms with Gasteiger partial charge in [-0.15, -0.1) is 0 Å². The van der Waals surface area contributed by atoms with Crippen LogP contribution in [0.25, 0.3) is 27.9 Å². The Labute approximate surface area is 240 Å². The van der Waals surface area contributed by atoms with Crippen LogP contribution >= 0.6 is 0 Å². The highest BCUT2D eigenvalue weighted by molar-refractivity contribution is 6.02. The lowest BCUT2D eigenvalue weighted by molar-refractivity contribution is -0.137. The van der Waals surface area contributed by atoms with Crippen LogP contribution in [-0.4, -0.2) is 40.7 Å². The van der Waals surface area contributed by atoms with Gasteiger partial charge in [0.05, 0.1) is 35.5 Å². The number of pyridine rings is 1. The lowest BCUT2D eigenvalue weighted by Crippen LogP contribution is -2.20. The summed E-state index contributed by atoms with van der Waals surface area (Å²) in [5, 5.41) is 18.9. The molecule has 3 N–H and O–H groups in total. The lowest BCUT2D eigenvalue weighted by atomic mass is 10.0. The van der Waals surface area contributed by atoms with Crippen molar-refractivity contribution in [3.8, 4) is 39.9 Å². The molecule has 6 aromatic rings. The number of urea groups is 1. The van der Waals surface area contributed by atoms with Crippen LogP contribution in [0.1, 0.15) is 5.56 Å². The first kappa shape index (κ1) is 27.1. The molecule has 0 unspecified atom stereocenters. The average Bonchev–Trinajstić information content (AvgIpc) is 3.41. The number of nitrogens with one attached hydrogen (secondary N) is 2. The highest BCUT2D eigenvalue weighted by atomic mass is 19.4. The van der Waals surface area contributed by atoms with Crippen molar-refractivity contribution in [2.24, 2.45) is 0 Å². The number of aromatic nitrogens is 6. The summed E-state index contributed by atoms with van der Waals surface area (Å²) in [4.78, 5) is 29.0. The Balaban J connectivity index is 1.13. The van der Waals surface area contributed by atoms with Crippen molar-refractivity contribution >= 4 is 23.1 Å². The molecule has 0 saturated carbocycles.